The Morgan fingerprint density at radius 1 is 0.517 bits per heavy atom. The van der Waals surface area contributed by atoms with Gasteiger partial charge in [0.1, 0.15) is 0 Å². The molecule has 0 nitrogen and oxygen atoms in total. The molecule has 0 saturated heterocycles. The van der Waals surface area contributed by atoms with Gasteiger partial charge in [-0.3, -0.25) is 0 Å². The van der Waals surface area contributed by atoms with Gasteiger partial charge in [0.05, 0.1) is 0 Å². The van der Waals surface area contributed by atoms with E-state index in [4.69, 9.17) is 0 Å². The summed E-state index contributed by atoms with van der Waals surface area (Å²) in [6.45, 7) is 12.6. The van der Waals surface area contributed by atoms with Crippen LogP contribution in [0.1, 0.15) is 149 Å². The summed E-state index contributed by atoms with van der Waals surface area (Å²) in [5.74, 6) is 1.85. The van der Waals surface area contributed by atoms with Crippen LogP contribution in [0.25, 0.3) is 0 Å². The van der Waals surface area contributed by atoms with Gasteiger partial charge in [0.15, 0.2) is 0 Å². The fourth-order valence-corrected chi connectivity index (χ4v) is 4.44. The van der Waals surface area contributed by atoms with Gasteiger partial charge < -0.3 is 0 Å². The lowest BCUT2D eigenvalue weighted by Gasteiger charge is -2.19. The van der Waals surface area contributed by atoms with Crippen molar-refractivity contribution in [2.45, 2.75) is 149 Å². The zero-order valence-corrected chi connectivity index (χ0v) is 20.6. The van der Waals surface area contributed by atoms with Crippen LogP contribution in [-0.4, -0.2) is 0 Å². The van der Waals surface area contributed by atoms with E-state index in [0.29, 0.717) is 0 Å². The maximum absolute atomic E-state index is 3.95. The standard InChI is InChI=1S/C29H56/c1-5-7-9-11-13-14-15-16-17-18-19-20-22-24-26-29(27-28(3)4)25-23-21-12-10-8-6-2/h13-14,28-29H,1-2,5-12,15-27H2,3-4H3. The first-order chi connectivity index (χ1) is 14.2. The Hall–Kier alpha value is -0.260. The molecule has 0 aliphatic carbocycles. The van der Waals surface area contributed by atoms with Crippen LogP contribution in [0.3, 0.4) is 0 Å². The van der Waals surface area contributed by atoms with Crippen molar-refractivity contribution in [3.05, 3.63) is 26.0 Å². The summed E-state index contributed by atoms with van der Waals surface area (Å²) in [5.41, 5.74) is 0. The summed E-state index contributed by atoms with van der Waals surface area (Å²) in [5, 5.41) is 0. The molecule has 2 radical (unpaired) electrons. The molecule has 0 aliphatic rings. The minimum atomic E-state index is 0.865. The van der Waals surface area contributed by atoms with Crippen molar-refractivity contribution < 1.29 is 0 Å². The van der Waals surface area contributed by atoms with E-state index in [1.54, 1.807) is 0 Å². The van der Waals surface area contributed by atoms with E-state index < -0.39 is 0 Å². The van der Waals surface area contributed by atoms with E-state index in [2.05, 4.69) is 39.8 Å². The number of unbranched alkanes of at least 4 members (excludes halogenated alkanes) is 15. The van der Waals surface area contributed by atoms with Gasteiger partial charge >= 0.3 is 0 Å². The maximum Gasteiger partial charge on any atom is -0.0351 e. The third kappa shape index (κ3) is 23.9. The van der Waals surface area contributed by atoms with Crippen molar-refractivity contribution in [1.82, 2.24) is 0 Å². The Bertz CT molecular complexity index is 314. The fraction of sp³-hybridized carbons (Fsp3) is 0.862. The Balaban J connectivity index is 3.52. The van der Waals surface area contributed by atoms with Crippen LogP contribution in [0.5, 0.6) is 0 Å². The van der Waals surface area contributed by atoms with Crippen molar-refractivity contribution >= 4 is 0 Å². The van der Waals surface area contributed by atoms with Crippen LogP contribution in [-0.2, 0) is 0 Å². The monoisotopic (exact) mass is 404 g/mol. The summed E-state index contributed by atoms with van der Waals surface area (Å²) in [6, 6.07) is 0. The summed E-state index contributed by atoms with van der Waals surface area (Å²) in [6.07, 6.45) is 33.7. The number of hydrogen-bond donors (Lipinski definition) is 0. The third-order valence-corrected chi connectivity index (χ3v) is 6.19. The lowest BCUT2D eigenvalue weighted by atomic mass is 9.87. The van der Waals surface area contributed by atoms with Gasteiger partial charge in [-0.1, -0.05) is 143 Å². The first-order valence-electron chi connectivity index (χ1n) is 13.4. The zero-order valence-electron chi connectivity index (χ0n) is 20.6. The third-order valence-electron chi connectivity index (χ3n) is 6.19. The summed E-state index contributed by atoms with van der Waals surface area (Å²) in [4.78, 5) is 0. The van der Waals surface area contributed by atoms with Crippen LogP contribution in [0.4, 0.5) is 0 Å². The lowest BCUT2D eigenvalue weighted by Crippen LogP contribution is -2.05. The van der Waals surface area contributed by atoms with Crippen molar-refractivity contribution in [3.8, 4) is 0 Å². The minimum Gasteiger partial charge on any atom is -0.0885 e. The summed E-state index contributed by atoms with van der Waals surface area (Å²) < 4.78 is 0. The second-order valence-corrected chi connectivity index (χ2v) is 9.78. The van der Waals surface area contributed by atoms with Crippen molar-refractivity contribution in [1.29, 1.82) is 0 Å². The van der Waals surface area contributed by atoms with Crippen LogP contribution in [0.15, 0.2) is 12.2 Å². The summed E-state index contributed by atoms with van der Waals surface area (Å²) in [7, 11) is 0. The van der Waals surface area contributed by atoms with E-state index in [1.165, 1.54) is 122 Å². The van der Waals surface area contributed by atoms with Crippen LogP contribution in [0, 0.1) is 25.7 Å². The lowest BCUT2D eigenvalue weighted by molar-refractivity contribution is 0.338. The molecular weight excluding hydrogens is 348 g/mol. The molecule has 0 aromatic heterocycles. The molecule has 0 amide bonds. The molecule has 29 heavy (non-hydrogen) atoms. The molecule has 0 spiro atoms. The van der Waals surface area contributed by atoms with E-state index in [9.17, 15) is 0 Å². The molecular formula is C29H56. The summed E-state index contributed by atoms with van der Waals surface area (Å²) >= 11 is 0. The van der Waals surface area contributed by atoms with Gasteiger partial charge in [0.2, 0.25) is 0 Å². The molecule has 0 aromatic carbocycles. The van der Waals surface area contributed by atoms with Crippen molar-refractivity contribution in [2.75, 3.05) is 0 Å². The van der Waals surface area contributed by atoms with Gasteiger partial charge in [0.25, 0.3) is 0 Å². The first-order valence-corrected chi connectivity index (χ1v) is 13.4. The Morgan fingerprint density at radius 2 is 0.897 bits per heavy atom. The Kier molecular flexibility index (Phi) is 23.8. The van der Waals surface area contributed by atoms with Gasteiger partial charge in [-0.25, -0.2) is 0 Å². The van der Waals surface area contributed by atoms with Crippen molar-refractivity contribution in [3.63, 3.8) is 0 Å². The van der Waals surface area contributed by atoms with Crippen LogP contribution in [0.2, 0.25) is 0 Å². The average molecular weight is 405 g/mol. The molecule has 0 aliphatic heterocycles. The van der Waals surface area contributed by atoms with E-state index in [0.717, 1.165) is 24.7 Å². The largest absolute Gasteiger partial charge is 0.0885 e. The van der Waals surface area contributed by atoms with Gasteiger partial charge in [-0.15, -0.1) is 0 Å². The second kappa shape index (κ2) is 24.0. The molecule has 0 N–H and O–H groups in total. The molecule has 1 atom stereocenters. The quantitative estimate of drug-likeness (QED) is 0.117. The first kappa shape index (κ1) is 28.7. The number of allylic oxidation sites excluding steroid dienone is 2. The maximum atomic E-state index is 3.95. The molecule has 0 aromatic rings. The fourth-order valence-electron chi connectivity index (χ4n) is 4.44. The SMILES string of the molecule is [CH2]CCCCC=CCCCCCCCCCC(CCCCCCC[CH2])CC(C)C. The Labute approximate surface area is 186 Å². The van der Waals surface area contributed by atoms with E-state index >= 15 is 0 Å². The topological polar surface area (TPSA) is 0 Å². The highest BCUT2D eigenvalue weighted by molar-refractivity contribution is 4.81. The predicted molar refractivity (Wildman–Crippen MR) is 135 cm³/mol. The highest BCUT2D eigenvalue weighted by Crippen LogP contribution is 2.25. The van der Waals surface area contributed by atoms with Crippen LogP contribution >= 0.6 is 0 Å². The molecule has 0 saturated carbocycles. The van der Waals surface area contributed by atoms with E-state index in [-0.39, 0.29) is 0 Å². The predicted octanol–water partition coefficient (Wildman–Crippen LogP) is 10.7. The van der Waals surface area contributed by atoms with Crippen molar-refractivity contribution in [2.24, 2.45) is 11.8 Å². The second-order valence-electron chi connectivity index (χ2n) is 9.78. The van der Waals surface area contributed by atoms with Gasteiger partial charge in [-0.05, 0) is 43.9 Å². The molecule has 1 unspecified atom stereocenters. The average Bonchev–Trinajstić information content (AvgIpc) is 2.70. The van der Waals surface area contributed by atoms with Crippen LogP contribution < -0.4 is 0 Å². The van der Waals surface area contributed by atoms with Gasteiger partial charge in [-0.2, -0.15) is 0 Å². The zero-order chi connectivity index (χ0) is 21.4. The number of rotatable bonds is 23. The molecule has 172 valence electrons. The highest BCUT2D eigenvalue weighted by Gasteiger charge is 2.10. The molecule has 0 rings (SSSR count). The highest BCUT2D eigenvalue weighted by atomic mass is 14.2. The van der Waals surface area contributed by atoms with E-state index in [1.807, 2.05) is 0 Å². The number of hydrogen-bond acceptors (Lipinski definition) is 0. The smallest absolute Gasteiger partial charge is 0.0351 e. The molecule has 0 fully saturated rings. The Morgan fingerprint density at radius 3 is 1.38 bits per heavy atom. The normalized spacial score (nSPS) is 13.0. The molecule has 0 heterocycles. The van der Waals surface area contributed by atoms with Gasteiger partial charge in [0, 0.05) is 0 Å². The molecule has 0 heteroatoms. The molecule has 0 bridgehead atoms. The minimum absolute atomic E-state index is 0.865.